The van der Waals surface area contributed by atoms with Crippen LogP contribution in [0.25, 0.3) is 0 Å². The van der Waals surface area contributed by atoms with Crippen molar-refractivity contribution in [3.8, 4) is 0 Å². The summed E-state index contributed by atoms with van der Waals surface area (Å²) in [4.78, 5) is 12.2. The minimum Gasteiger partial charge on any atom is -0.388 e. The average Bonchev–Trinajstić information content (AvgIpc) is 2.77. The number of aryl methyl sites for hydroxylation is 2. The van der Waals surface area contributed by atoms with Crippen LogP contribution in [0.5, 0.6) is 0 Å². The first-order chi connectivity index (χ1) is 9.91. The fourth-order valence-corrected chi connectivity index (χ4v) is 3.00. The maximum atomic E-state index is 12.2. The molecule has 1 saturated carbocycles. The largest absolute Gasteiger partial charge is 0.388 e. The first kappa shape index (κ1) is 16.0. The van der Waals surface area contributed by atoms with Crippen LogP contribution in [0.1, 0.15) is 56.0 Å². The van der Waals surface area contributed by atoms with Crippen molar-refractivity contribution in [1.82, 2.24) is 10.5 Å². The summed E-state index contributed by atoms with van der Waals surface area (Å²) >= 11 is 0. The molecule has 0 radical (unpaired) electrons. The molecule has 118 valence electrons. The maximum absolute atomic E-state index is 12.2. The van der Waals surface area contributed by atoms with E-state index < -0.39 is 5.60 Å². The molecule has 0 aliphatic heterocycles. The molecule has 21 heavy (non-hydrogen) atoms. The summed E-state index contributed by atoms with van der Waals surface area (Å²) < 4.78 is 5.13. The van der Waals surface area contributed by atoms with E-state index in [2.05, 4.69) is 10.5 Å². The molecule has 1 aromatic rings. The lowest BCUT2D eigenvalue weighted by Gasteiger charge is -2.32. The number of amides is 1. The SMILES string of the molecule is Cc1noc(C)c1CC(C)C(=O)NCC1(O)CCCCC1. The number of nitrogens with one attached hydrogen (secondary N) is 1. The fourth-order valence-electron chi connectivity index (χ4n) is 3.00. The fraction of sp³-hybridized carbons (Fsp3) is 0.750. The lowest BCUT2D eigenvalue weighted by molar-refractivity contribution is -0.126. The second kappa shape index (κ2) is 6.60. The van der Waals surface area contributed by atoms with Gasteiger partial charge in [0.25, 0.3) is 0 Å². The highest BCUT2D eigenvalue weighted by Crippen LogP contribution is 2.27. The smallest absolute Gasteiger partial charge is 0.223 e. The lowest BCUT2D eigenvalue weighted by Crippen LogP contribution is -2.45. The summed E-state index contributed by atoms with van der Waals surface area (Å²) in [5, 5.41) is 17.2. The Morgan fingerprint density at radius 1 is 1.38 bits per heavy atom. The third-order valence-corrected chi connectivity index (χ3v) is 4.52. The van der Waals surface area contributed by atoms with Gasteiger partial charge in [-0.05, 0) is 33.1 Å². The number of hydrogen-bond acceptors (Lipinski definition) is 4. The molecule has 1 atom stereocenters. The van der Waals surface area contributed by atoms with E-state index in [0.717, 1.165) is 42.7 Å². The van der Waals surface area contributed by atoms with Crippen LogP contribution in [0.2, 0.25) is 0 Å². The van der Waals surface area contributed by atoms with E-state index in [0.29, 0.717) is 13.0 Å². The van der Waals surface area contributed by atoms with Crippen LogP contribution >= 0.6 is 0 Å². The first-order valence-corrected chi connectivity index (χ1v) is 7.83. The molecule has 0 aromatic carbocycles. The Morgan fingerprint density at radius 2 is 2.05 bits per heavy atom. The third-order valence-electron chi connectivity index (χ3n) is 4.52. The number of hydrogen-bond donors (Lipinski definition) is 2. The molecule has 1 aromatic heterocycles. The van der Waals surface area contributed by atoms with Crippen molar-refractivity contribution in [3.05, 3.63) is 17.0 Å². The standard InChI is InChI=1S/C16H26N2O3/c1-11(9-14-12(2)18-21-13(14)3)15(19)17-10-16(20)7-5-4-6-8-16/h11,20H,4-10H2,1-3H3,(H,17,19). The highest BCUT2D eigenvalue weighted by molar-refractivity contribution is 5.78. The van der Waals surface area contributed by atoms with Crippen molar-refractivity contribution in [2.75, 3.05) is 6.54 Å². The molecule has 5 nitrogen and oxygen atoms in total. The summed E-state index contributed by atoms with van der Waals surface area (Å²) in [7, 11) is 0. The van der Waals surface area contributed by atoms with Gasteiger partial charge in [-0.1, -0.05) is 31.3 Å². The minimum atomic E-state index is -0.712. The monoisotopic (exact) mass is 294 g/mol. The molecule has 1 amide bonds. The number of carbonyl (C=O) groups is 1. The Labute approximate surface area is 126 Å². The zero-order valence-corrected chi connectivity index (χ0v) is 13.2. The van der Waals surface area contributed by atoms with E-state index in [4.69, 9.17) is 4.52 Å². The number of aromatic nitrogens is 1. The molecule has 1 aliphatic rings. The van der Waals surface area contributed by atoms with Gasteiger partial charge in [0, 0.05) is 18.0 Å². The Morgan fingerprint density at radius 3 is 2.62 bits per heavy atom. The molecule has 5 heteroatoms. The Balaban J connectivity index is 1.85. The topological polar surface area (TPSA) is 75.4 Å². The van der Waals surface area contributed by atoms with E-state index >= 15 is 0 Å². The van der Waals surface area contributed by atoms with Gasteiger partial charge in [0.2, 0.25) is 5.91 Å². The summed E-state index contributed by atoms with van der Waals surface area (Å²) in [6.45, 7) is 6.01. The number of rotatable bonds is 5. The molecule has 0 saturated heterocycles. The van der Waals surface area contributed by atoms with E-state index in [-0.39, 0.29) is 11.8 Å². The van der Waals surface area contributed by atoms with Crippen molar-refractivity contribution in [1.29, 1.82) is 0 Å². The van der Waals surface area contributed by atoms with Gasteiger partial charge < -0.3 is 14.9 Å². The first-order valence-electron chi connectivity index (χ1n) is 7.83. The van der Waals surface area contributed by atoms with Crippen molar-refractivity contribution in [2.24, 2.45) is 5.92 Å². The van der Waals surface area contributed by atoms with Crippen LogP contribution in [0.3, 0.4) is 0 Å². The molecular formula is C16H26N2O3. The Hall–Kier alpha value is -1.36. The molecule has 1 unspecified atom stereocenters. The molecular weight excluding hydrogens is 268 g/mol. The number of carbonyl (C=O) groups excluding carboxylic acids is 1. The van der Waals surface area contributed by atoms with Crippen molar-refractivity contribution < 1.29 is 14.4 Å². The van der Waals surface area contributed by atoms with Crippen LogP contribution in [-0.2, 0) is 11.2 Å². The van der Waals surface area contributed by atoms with E-state index in [1.165, 1.54) is 6.42 Å². The van der Waals surface area contributed by atoms with Crippen molar-refractivity contribution >= 4 is 5.91 Å². The van der Waals surface area contributed by atoms with Crippen LogP contribution in [0, 0.1) is 19.8 Å². The summed E-state index contributed by atoms with van der Waals surface area (Å²) in [6, 6.07) is 0. The minimum absolute atomic E-state index is 0.0194. The van der Waals surface area contributed by atoms with Gasteiger partial charge in [-0.15, -0.1) is 0 Å². The molecule has 0 spiro atoms. The van der Waals surface area contributed by atoms with E-state index in [1.54, 1.807) is 0 Å². The Bertz CT molecular complexity index is 470. The van der Waals surface area contributed by atoms with Gasteiger partial charge in [-0.2, -0.15) is 0 Å². The molecule has 2 rings (SSSR count). The maximum Gasteiger partial charge on any atom is 0.223 e. The zero-order valence-electron chi connectivity index (χ0n) is 13.2. The zero-order chi connectivity index (χ0) is 15.5. The lowest BCUT2D eigenvalue weighted by atomic mass is 9.85. The average molecular weight is 294 g/mol. The predicted molar refractivity (Wildman–Crippen MR) is 79.9 cm³/mol. The second-order valence-corrected chi connectivity index (χ2v) is 6.41. The van der Waals surface area contributed by atoms with Gasteiger partial charge in [-0.25, -0.2) is 0 Å². The van der Waals surface area contributed by atoms with Gasteiger partial charge in [-0.3, -0.25) is 4.79 Å². The predicted octanol–water partition coefficient (Wildman–Crippen LogP) is 2.28. The number of aliphatic hydroxyl groups is 1. The molecule has 2 N–H and O–H groups in total. The summed E-state index contributed by atoms with van der Waals surface area (Å²) in [5.41, 5.74) is 1.14. The van der Waals surface area contributed by atoms with Crippen LogP contribution in [0.4, 0.5) is 0 Å². The van der Waals surface area contributed by atoms with Gasteiger partial charge in [0.05, 0.1) is 11.3 Å². The third kappa shape index (κ3) is 4.06. The normalized spacial score (nSPS) is 19.2. The van der Waals surface area contributed by atoms with Crippen molar-refractivity contribution in [3.63, 3.8) is 0 Å². The van der Waals surface area contributed by atoms with Crippen LogP contribution in [-0.4, -0.2) is 28.3 Å². The Kier molecular flexibility index (Phi) is 5.04. The molecule has 1 fully saturated rings. The quantitative estimate of drug-likeness (QED) is 0.873. The van der Waals surface area contributed by atoms with E-state index in [9.17, 15) is 9.90 Å². The van der Waals surface area contributed by atoms with Gasteiger partial charge in [0.1, 0.15) is 5.76 Å². The molecule has 1 heterocycles. The van der Waals surface area contributed by atoms with Crippen LogP contribution < -0.4 is 5.32 Å². The van der Waals surface area contributed by atoms with Crippen LogP contribution in [0.15, 0.2) is 4.52 Å². The molecule has 1 aliphatic carbocycles. The summed E-state index contributed by atoms with van der Waals surface area (Å²) in [5.74, 6) is 0.598. The molecule has 0 bridgehead atoms. The highest BCUT2D eigenvalue weighted by atomic mass is 16.5. The second-order valence-electron chi connectivity index (χ2n) is 6.41. The van der Waals surface area contributed by atoms with Crippen molar-refractivity contribution in [2.45, 2.75) is 64.9 Å². The van der Waals surface area contributed by atoms with E-state index in [1.807, 2.05) is 20.8 Å². The summed E-state index contributed by atoms with van der Waals surface area (Å²) in [6.07, 6.45) is 5.45. The van der Waals surface area contributed by atoms with Gasteiger partial charge in [0.15, 0.2) is 0 Å². The van der Waals surface area contributed by atoms with Gasteiger partial charge >= 0.3 is 0 Å². The highest BCUT2D eigenvalue weighted by Gasteiger charge is 2.30. The number of nitrogens with zero attached hydrogens (tertiary/aromatic N) is 1.